The van der Waals surface area contributed by atoms with Gasteiger partial charge in [0.1, 0.15) is 5.75 Å². The number of ether oxygens (including phenoxy) is 1. The number of hydrogen-bond acceptors (Lipinski definition) is 2. The highest BCUT2D eigenvalue weighted by Gasteiger charge is 2.54. The molecule has 0 aliphatic heterocycles. The maximum Gasteiger partial charge on any atom is 0.118 e. The van der Waals surface area contributed by atoms with Gasteiger partial charge in [-0.3, -0.25) is 0 Å². The first-order chi connectivity index (χ1) is 7.75. The molecule has 2 saturated carbocycles. The largest absolute Gasteiger partial charge is 0.497 e. The van der Waals surface area contributed by atoms with Gasteiger partial charge in [0.25, 0.3) is 0 Å². The van der Waals surface area contributed by atoms with E-state index in [4.69, 9.17) is 4.74 Å². The second kappa shape index (κ2) is 3.49. The average Bonchev–Trinajstić information content (AvgIpc) is 2.84. The van der Waals surface area contributed by atoms with Crippen molar-refractivity contribution in [1.82, 2.24) is 0 Å². The van der Waals surface area contributed by atoms with Crippen LogP contribution < -0.4 is 4.74 Å². The van der Waals surface area contributed by atoms with E-state index in [1.165, 1.54) is 25.7 Å². The normalized spacial score (nSPS) is 36.6. The van der Waals surface area contributed by atoms with Crippen LogP contribution in [0.2, 0.25) is 0 Å². The van der Waals surface area contributed by atoms with Crippen LogP contribution in [0.25, 0.3) is 0 Å². The third-order valence-corrected chi connectivity index (χ3v) is 4.52. The minimum atomic E-state index is -0.549. The first kappa shape index (κ1) is 10.2. The fourth-order valence-corrected chi connectivity index (χ4v) is 3.64. The fourth-order valence-electron chi connectivity index (χ4n) is 3.64. The summed E-state index contributed by atoms with van der Waals surface area (Å²) in [5.41, 5.74) is 0.532. The summed E-state index contributed by atoms with van der Waals surface area (Å²) in [7, 11) is 1.67. The lowest BCUT2D eigenvalue weighted by atomic mass is 9.84. The summed E-state index contributed by atoms with van der Waals surface area (Å²) in [6.45, 7) is 0. The van der Waals surface area contributed by atoms with Crippen molar-refractivity contribution >= 4 is 0 Å². The molecule has 2 aliphatic carbocycles. The molecule has 0 aromatic heterocycles. The van der Waals surface area contributed by atoms with Crippen LogP contribution in [0.3, 0.4) is 0 Å². The molecule has 2 fully saturated rings. The van der Waals surface area contributed by atoms with E-state index in [0.717, 1.165) is 11.3 Å². The SMILES string of the molecule is COc1ccc(C2(O)C3CCC2CC3)cc1. The zero-order chi connectivity index (χ0) is 11.2. The summed E-state index contributed by atoms with van der Waals surface area (Å²) in [6.07, 6.45) is 4.75. The molecule has 3 rings (SSSR count). The summed E-state index contributed by atoms with van der Waals surface area (Å²) in [5.74, 6) is 1.81. The summed E-state index contributed by atoms with van der Waals surface area (Å²) >= 11 is 0. The van der Waals surface area contributed by atoms with Crippen LogP contribution in [0, 0.1) is 11.8 Å². The topological polar surface area (TPSA) is 29.5 Å². The van der Waals surface area contributed by atoms with Crippen LogP contribution in [-0.2, 0) is 5.60 Å². The Kier molecular flexibility index (Phi) is 2.21. The maximum absolute atomic E-state index is 10.9. The molecule has 0 atom stereocenters. The number of rotatable bonds is 2. The quantitative estimate of drug-likeness (QED) is 0.827. The van der Waals surface area contributed by atoms with E-state index in [2.05, 4.69) is 0 Å². The van der Waals surface area contributed by atoms with Gasteiger partial charge in [0.2, 0.25) is 0 Å². The monoisotopic (exact) mass is 218 g/mol. The molecule has 0 radical (unpaired) electrons. The first-order valence-electron chi connectivity index (χ1n) is 6.12. The van der Waals surface area contributed by atoms with Crippen molar-refractivity contribution < 1.29 is 9.84 Å². The summed E-state index contributed by atoms with van der Waals surface area (Å²) in [5, 5.41) is 10.9. The predicted molar refractivity (Wildman–Crippen MR) is 62.3 cm³/mol. The van der Waals surface area contributed by atoms with Crippen molar-refractivity contribution in [2.45, 2.75) is 31.3 Å². The number of hydrogen-bond donors (Lipinski definition) is 1. The van der Waals surface area contributed by atoms with Crippen molar-refractivity contribution in [3.8, 4) is 5.75 Å². The van der Waals surface area contributed by atoms with Crippen LogP contribution in [0.1, 0.15) is 31.2 Å². The number of aliphatic hydroxyl groups is 1. The standard InChI is InChI=1S/C14H18O2/c1-16-13-8-6-12(7-9-13)14(15)10-2-3-11(14)5-4-10/h6-11,15H,2-5H2,1H3. The third kappa shape index (κ3) is 1.23. The Morgan fingerprint density at radius 2 is 1.56 bits per heavy atom. The third-order valence-electron chi connectivity index (χ3n) is 4.52. The van der Waals surface area contributed by atoms with Gasteiger partial charge < -0.3 is 9.84 Å². The van der Waals surface area contributed by atoms with E-state index in [1.54, 1.807) is 7.11 Å². The fraction of sp³-hybridized carbons (Fsp3) is 0.571. The molecule has 0 heterocycles. The zero-order valence-corrected chi connectivity index (χ0v) is 9.65. The van der Waals surface area contributed by atoms with Crippen molar-refractivity contribution in [2.24, 2.45) is 11.8 Å². The Bertz CT molecular complexity index is 362. The Labute approximate surface area is 96.2 Å². The molecule has 0 saturated heterocycles. The van der Waals surface area contributed by atoms with E-state index < -0.39 is 5.60 Å². The Hall–Kier alpha value is -1.02. The summed E-state index contributed by atoms with van der Waals surface area (Å²) < 4.78 is 5.15. The minimum absolute atomic E-state index is 0.478. The van der Waals surface area contributed by atoms with E-state index >= 15 is 0 Å². The highest BCUT2D eigenvalue weighted by molar-refractivity contribution is 5.33. The number of benzene rings is 1. The van der Waals surface area contributed by atoms with Crippen molar-refractivity contribution in [2.75, 3.05) is 7.11 Å². The van der Waals surface area contributed by atoms with Gasteiger partial charge in [-0.1, -0.05) is 12.1 Å². The van der Waals surface area contributed by atoms with Gasteiger partial charge in [-0.15, -0.1) is 0 Å². The smallest absolute Gasteiger partial charge is 0.118 e. The van der Waals surface area contributed by atoms with E-state index in [9.17, 15) is 5.11 Å². The number of methoxy groups -OCH3 is 1. The second-order valence-electron chi connectivity index (χ2n) is 5.10. The van der Waals surface area contributed by atoms with Crippen molar-refractivity contribution in [1.29, 1.82) is 0 Å². The van der Waals surface area contributed by atoms with Gasteiger partial charge in [-0.2, -0.15) is 0 Å². The summed E-state index contributed by atoms with van der Waals surface area (Å²) in [6, 6.07) is 7.95. The van der Waals surface area contributed by atoms with E-state index in [1.807, 2.05) is 24.3 Å². The highest BCUT2D eigenvalue weighted by Crippen LogP contribution is 2.57. The molecule has 2 aliphatic rings. The molecule has 1 aromatic rings. The van der Waals surface area contributed by atoms with Gasteiger partial charge in [0, 0.05) is 0 Å². The van der Waals surface area contributed by atoms with E-state index in [-0.39, 0.29) is 0 Å². The van der Waals surface area contributed by atoms with Gasteiger partial charge in [-0.05, 0) is 55.2 Å². The van der Waals surface area contributed by atoms with Gasteiger partial charge in [0.15, 0.2) is 0 Å². The maximum atomic E-state index is 10.9. The Morgan fingerprint density at radius 3 is 2.00 bits per heavy atom. The van der Waals surface area contributed by atoms with Crippen LogP contribution in [0.4, 0.5) is 0 Å². The molecule has 0 unspecified atom stereocenters. The second-order valence-corrected chi connectivity index (χ2v) is 5.10. The molecule has 0 amide bonds. The molecule has 2 nitrogen and oxygen atoms in total. The molecule has 86 valence electrons. The lowest BCUT2D eigenvalue weighted by Gasteiger charge is -2.29. The molecule has 1 N–H and O–H groups in total. The predicted octanol–water partition coefficient (Wildman–Crippen LogP) is 2.70. The Balaban J connectivity index is 1.96. The number of fused-ring (bicyclic) bond motifs is 2. The average molecular weight is 218 g/mol. The van der Waals surface area contributed by atoms with Crippen LogP contribution in [-0.4, -0.2) is 12.2 Å². The van der Waals surface area contributed by atoms with Crippen LogP contribution in [0.15, 0.2) is 24.3 Å². The van der Waals surface area contributed by atoms with Crippen molar-refractivity contribution in [3.63, 3.8) is 0 Å². The first-order valence-corrected chi connectivity index (χ1v) is 6.12. The molecule has 1 aromatic carbocycles. The molecule has 2 bridgehead atoms. The van der Waals surface area contributed by atoms with Crippen LogP contribution >= 0.6 is 0 Å². The molecular formula is C14H18O2. The molecule has 0 spiro atoms. The molecule has 2 heteroatoms. The Morgan fingerprint density at radius 1 is 1.06 bits per heavy atom. The lowest BCUT2D eigenvalue weighted by molar-refractivity contribution is -0.0102. The van der Waals surface area contributed by atoms with Gasteiger partial charge in [0.05, 0.1) is 12.7 Å². The van der Waals surface area contributed by atoms with Crippen molar-refractivity contribution in [3.05, 3.63) is 29.8 Å². The molecule has 16 heavy (non-hydrogen) atoms. The highest BCUT2D eigenvalue weighted by atomic mass is 16.5. The zero-order valence-electron chi connectivity index (χ0n) is 9.65. The lowest BCUT2D eigenvalue weighted by Crippen LogP contribution is -2.30. The molecular weight excluding hydrogens is 200 g/mol. The summed E-state index contributed by atoms with van der Waals surface area (Å²) in [4.78, 5) is 0. The van der Waals surface area contributed by atoms with Gasteiger partial charge in [-0.25, -0.2) is 0 Å². The van der Waals surface area contributed by atoms with Gasteiger partial charge >= 0.3 is 0 Å². The van der Waals surface area contributed by atoms with E-state index in [0.29, 0.717) is 11.8 Å². The minimum Gasteiger partial charge on any atom is -0.497 e. The van der Waals surface area contributed by atoms with Crippen LogP contribution in [0.5, 0.6) is 5.75 Å².